The number of aliphatic carboxylic acids is 1. The summed E-state index contributed by atoms with van der Waals surface area (Å²) in [7, 11) is 0. The molecule has 3 atom stereocenters. The average molecular weight is 444 g/mol. The summed E-state index contributed by atoms with van der Waals surface area (Å²) in [6.45, 7) is 5.89. The van der Waals surface area contributed by atoms with Crippen molar-refractivity contribution in [3.8, 4) is 0 Å². The normalized spacial score (nSPS) is 23.3. The Kier molecular flexibility index (Phi) is 6.79. The molecule has 2 aromatic rings. The fraction of sp³-hybridized carbons (Fsp3) is 0.478. The van der Waals surface area contributed by atoms with Crippen LogP contribution in [0, 0.1) is 11.8 Å². The Bertz CT molecular complexity index is 942. The van der Waals surface area contributed by atoms with Crippen molar-refractivity contribution in [2.45, 2.75) is 58.0 Å². The van der Waals surface area contributed by atoms with Crippen molar-refractivity contribution in [1.82, 2.24) is 9.88 Å². The highest BCUT2D eigenvalue weighted by atomic mass is 32.1. The standard InChI is InChI=1S/C23H29N3O4S/c1-4-5-15-6-8-16(9-7-15)21(28)26-18(20-25-10-11-31-20)17(19(24)27)13-23(26,22(29)30)12-14(2)3/h6-11,14,17-18H,4-5,12-13H2,1-3H3,(H2,24,27)(H,29,30). The van der Waals surface area contributed by atoms with Crippen molar-refractivity contribution in [2.75, 3.05) is 0 Å². The smallest absolute Gasteiger partial charge is 0.329 e. The fourth-order valence-corrected chi connectivity index (χ4v) is 5.43. The fourth-order valence-electron chi connectivity index (χ4n) is 4.64. The number of thiazole rings is 1. The maximum absolute atomic E-state index is 13.8. The Balaban J connectivity index is 2.15. The first-order valence-electron chi connectivity index (χ1n) is 10.6. The first kappa shape index (κ1) is 22.9. The van der Waals surface area contributed by atoms with Crippen LogP contribution in [0.2, 0.25) is 0 Å². The second kappa shape index (κ2) is 9.18. The number of nitrogens with zero attached hydrogens (tertiary/aromatic N) is 2. The van der Waals surface area contributed by atoms with Gasteiger partial charge in [-0.2, -0.15) is 0 Å². The molecule has 1 saturated heterocycles. The third-order valence-corrected chi connectivity index (χ3v) is 6.70. The summed E-state index contributed by atoms with van der Waals surface area (Å²) in [5, 5.41) is 12.6. The number of rotatable bonds is 8. The van der Waals surface area contributed by atoms with Crippen LogP contribution in [0.1, 0.15) is 67.0 Å². The molecule has 0 radical (unpaired) electrons. The van der Waals surface area contributed by atoms with E-state index in [1.165, 1.54) is 16.2 Å². The summed E-state index contributed by atoms with van der Waals surface area (Å²) in [6, 6.07) is 6.43. The number of carboxylic acids is 1. The minimum atomic E-state index is -1.54. The summed E-state index contributed by atoms with van der Waals surface area (Å²) in [5.41, 5.74) is 5.67. The topological polar surface area (TPSA) is 114 Å². The highest BCUT2D eigenvalue weighted by molar-refractivity contribution is 7.09. The minimum absolute atomic E-state index is 0.0121. The summed E-state index contributed by atoms with van der Waals surface area (Å²) in [4.78, 5) is 44.5. The zero-order valence-electron chi connectivity index (χ0n) is 18.1. The van der Waals surface area contributed by atoms with Gasteiger partial charge in [0.1, 0.15) is 10.5 Å². The quantitative estimate of drug-likeness (QED) is 0.646. The third-order valence-electron chi connectivity index (χ3n) is 5.85. The zero-order chi connectivity index (χ0) is 22.8. The Hall–Kier alpha value is -2.74. The lowest BCUT2D eigenvalue weighted by Crippen LogP contribution is -2.54. The molecule has 1 aliphatic rings. The van der Waals surface area contributed by atoms with Gasteiger partial charge in [0.15, 0.2) is 0 Å². The van der Waals surface area contributed by atoms with Gasteiger partial charge in [-0.25, -0.2) is 9.78 Å². The molecule has 0 bridgehead atoms. The van der Waals surface area contributed by atoms with Gasteiger partial charge in [-0.15, -0.1) is 11.3 Å². The van der Waals surface area contributed by atoms with Gasteiger partial charge in [0.25, 0.3) is 5.91 Å². The Labute approximate surface area is 186 Å². The monoisotopic (exact) mass is 443 g/mol. The van der Waals surface area contributed by atoms with E-state index in [-0.39, 0.29) is 18.8 Å². The van der Waals surface area contributed by atoms with Gasteiger partial charge in [-0.3, -0.25) is 9.59 Å². The second-order valence-electron chi connectivity index (χ2n) is 8.58. The molecule has 0 spiro atoms. The van der Waals surface area contributed by atoms with Crippen molar-refractivity contribution in [3.63, 3.8) is 0 Å². The molecule has 2 amide bonds. The highest BCUT2D eigenvalue weighted by Gasteiger charge is 2.61. The van der Waals surface area contributed by atoms with E-state index in [0.717, 1.165) is 18.4 Å². The molecular weight excluding hydrogens is 414 g/mol. The third kappa shape index (κ3) is 4.35. The number of hydrogen-bond donors (Lipinski definition) is 2. The van der Waals surface area contributed by atoms with Crippen molar-refractivity contribution in [1.29, 1.82) is 0 Å². The van der Waals surface area contributed by atoms with E-state index in [9.17, 15) is 19.5 Å². The van der Waals surface area contributed by atoms with Crippen LogP contribution in [-0.4, -0.2) is 38.3 Å². The Morgan fingerprint density at radius 3 is 2.45 bits per heavy atom. The maximum Gasteiger partial charge on any atom is 0.329 e. The zero-order valence-corrected chi connectivity index (χ0v) is 18.9. The number of carbonyl (C=O) groups excluding carboxylic acids is 2. The van der Waals surface area contributed by atoms with Crippen LogP contribution >= 0.6 is 11.3 Å². The summed E-state index contributed by atoms with van der Waals surface area (Å²) >= 11 is 1.29. The lowest BCUT2D eigenvalue weighted by molar-refractivity contribution is -0.150. The van der Waals surface area contributed by atoms with E-state index >= 15 is 0 Å². The predicted molar refractivity (Wildman–Crippen MR) is 119 cm³/mol. The van der Waals surface area contributed by atoms with Crippen LogP contribution in [0.15, 0.2) is 35.8 Å². The molecule has 3 rings (SSSR count). The molecule has 1 aliphatic heterocycles. The van der Waals surface area contributed by atoms with Crippen LogP contribution in [-0.2, 0) is 16.0 Å². The number of benzene rings is 1. The van der Waals surface area contributed by atoms with E-state index in [0.29, 0.717) is 10.6 Å². The van der Waals surface area contributed by atoms with Crippen LogP contribution in [0.4, 0.5) is 0 Å². The molecular formula is C23H29N3O4S. The van der Waals surface area contributed by atoms with Gasteiger partial charge in [0, 0.05) is 17.1 Å². The van der Waals surface area contributed by atoms with Gasteiger partial charge in [-0.1, -0.05) is 39.3 Å². The Morgan fingerprint density at radius 1 is 1.29 bits per heavy atom. The van der Waals surface area contributed by atoms with Crippen molar-refractivity contribution in [3.05, 3.63) is 52.0 Å². The number of aromatic nitrogens is 1. The molecule has 1 fully saturated rings. The minimum Gasteiger partial charge on any atom is -0.479 e. The molecule has 2 heterocycles. The SMILES string of the molecule is CCCc1ccc(C(=O)N2C(c3nccs3)C(C(N)=O)CC2(CC(C)C)C(=O)O)cc1. The second-order valence-corrected chi connectivity index (χ2v) is 9.51. The molecule has 3 unspecified atom stereocenters. The summed E-state index contributed by atoms with van der Waals surface area (Å²) < 4.78 is 0. The van der Waals surface area contributed by atoms with Crippen LogP contribution < -0.4 is 5.73 Å². The number of aryl methyl sites for hydroxylation is 1. The number of hydrogen-bond acceptors (Lipinski definition) is 5. The summed E-state index contributed by atoms with van der Waals surface area (Å²) in [6.07, 6.45) is 3.66. The lowest BCUT2D eigenvalue weighted by atomic mass is 9.83. The van der Waals surface area contributed by atoms with E-state index in [2.05, 4.69) is 11.9 Å². The number of primary amides is 1. The van der Waals surface area contributed by atoms with Gasteiger partial charge in [-0.05, 0) is 42.9 Å². The van der Waals surface area contributed by atoms with E-state index in [1.807, 2.05) is 26.0 Å². The number of amides is 2. The first-order valence-corrected chi connectivity index (χ1v) is 11.4. The average Bonchev–Trinajstić information content (AvgIpc) is 3.34. The molecule has 8 heteroatoms. The molecule has 7 nitrogen and oxygen atoms in total. The van der Waals surface area contributed by atoms with Crippen molar-refractivity contribution in [2.24, 2.45) is 17.6 Å². The molecule has 1 aromatic heterocycles. The molecule has 31 heavy (non-hydrogen) atoms. The van der Waals surface area contributed by atoms with Gasteiger partial charge in [0.05, 0.1) is 12.0 Å². The molecule has 0 saturated carbocycles. The van der Waals surface area contributed by atoms with Crippen LogP contribution in [0.25, 0.3) is 0 Å². The molecule has 166 valence electrons. The highest BCUT2D eigenvalue weighted by Crippen LogP contribution is 2.50. The number of nitrogens with two attached hydrogens (primary N) is 1. The number of carboxylic acid groups (broad SMARTS) is 1. The van der Waals surface area contributed by atoms with Gasteiger partial charge in [0.2, 0.25) is 5.91 Å². The van der Waals surface area contributed by atoms with Crippen molar-refractivity contribution >= 4 is 29.1 Å². The van der Waals surface area contributed by atoms with E-state index in [1.54, 1.807) is 23.7 Å². The first-order chi connectivity index (χ1) is 14.7. The van der Waals surface area contributed by atoms with Crippen molar-refractivity contribution < 1.29 is 19.5 Å². The molecule has 1 aromatic carbocycles. The lowest BCUT2D eigenvalue weighted by Gasteiger charge is -2.38. The summed E-state index contributed by atoms with van der Waals surface area (Å²) in [5.74, 6) is -3.01. The predicted octanol–water partition coefficient (Wildman–Crippen LogP) is 3.65. The van der Waals surface area contributed by atoms with E-state index < -0.39 is 35.3 Å². The number of likely N-dealkylation sites (tertiary alicyclic amines) is 1. The molecule has 3 N–H and O–H groups in total. The molecule has 0 aliphatic carbocycles. The van der Waals surface area contributed by atoms with Crippen LogP contribution in [0.3, 0.4) is 0 Å². The largest absolute Gasteiger partial charge is 0.479 e. The number of carbonyl (C=O) groups is 3. The van der Waals surface area contributed by atoms with Gasteiger partial charge >= 0.3 is 5.97 Å². The van der Waals surface area contributed by atoms with E-state index in [4.69, 9.17) is 5.73 Å². The van der Waals surface area contributed by atoms with Gasteiger partial charge < -0.3 is 15.7 Å². The van der Waals surface area contributed by atoms with Crippen LogP contribution in [0.5, 0.6) is 0 Å². The maximum atomic E-state index is 13.8. The Morgan fingerprint density at radius 2 is 1.97 bits per heavy atom.